The predicted octanol–water partition coefficient (Wildman–Crippen LogP) is 3.14. The van der Waals surface area contributed by atoms with E-state index in [-0.39, 0.29) is 5.91 Å². The van der Waals surface area contributed by atoms with Gasteiger partial charge in [0.1, 0.15) is 0 Å². The van der Waals surface area contributed by atoms with Crippen LogP contribution in [-0.4, -0.2) is 19.0 Å². The smallest absolute Gasteiger partial charge is 0.240 e. The zero-order valence-corrected chi connectivity index (χ0v) is 12.7. The number of carbonyl (C=O) groups is 1. The predicted molar refractivity (Wildman–Crippen MR) is 87.4 cm³/mol. The van der Waals surface area contributed by atoms with E-state index in [1.54, 1.807) is 4.90 Å². The molecule has 0 unspecified atom stereocenters. The van der Waals surface area contributed by atoms with Crippen LogP contribution in [0.5, 0.6) is 0 Å². The molecule has 2 aromatic rings. The average Bonchev–Trinajstić information content (AvgIpc) is 2.51. The summed E-state index contributed by atoms with van der Waals surface area (Å²) in [5, 5.41) is 3.24. The molecule has 0 saturated carbocycles. The molecule has 21 heavy (non-hydrogen) atoms. The molecule has 1 N–H and O–H groups in total. The third-order valence-corrected chi connectivity index (χ3v) is 3.54. The van der Waals surface area contributed by atoms with Crippen molar-refractivity contribution in [2.75, 3.05) is 18.0 Å². The molecule has 3 heteroatoms. The van der Waals surface area contributed by atoms with Gasteiger partial charge < -0.3 is 10.2 Å². The second kappa shape index (κ2) is 7.60. The van der Waals surface area contributed by atoms with Crippen molar-refractivity contribution in [3.8, 4) is 0 Å². The lowest BCUT2D eigenvalue weighted by atomic mass is 10.1. The molecule has 0 aromatic heterocycles. The minimum absolute atomic E-state index is 0.0947. The minimum atomic E-state index is 0.0947. The number of rotatable bonds is 6. The summed E-state index contributed by atoms with van der Waals surface area (Å²) >= 11 is 0. The van der Waals surface area contributed by atoms with Crippen molar-refractivity contribution in [1.29, 1.82) is 0 Å². The summed E-state index contributed by atoms with van der Waals surface area (Å²) in [6.07, 6.45) is 0. The van der Waals surface area contributed by atoms with Crippen molar-refractivity contribution in [2.24, 2.45) is 0 Å². The summed E-state index contributed by atoms with van der Waals surface area (Å²) in [6.45, 7) is 5.81. The van der Waals surface area contributed by atoms with E-state index in [0.717, 1.165) is 5.69 Å². The quantitative estimate of drug-likeness (QED) is 0.883. The molecule has 2 rings (SSSR count). The lowest BCUT2D eigenvalue weighted by Crippen LogP contribution is -2.38. The van der Waals surface area contributed by atoms with Gasteiger partial charge >= 0.3 is 0 Å². The summed E-state index contributed by atoms with van der Waals surface area (Å²) in [4.78, 5) is 14.1. The molecule has 0 atom stereocenters. The second-order valence-electron chi connectivity index (χ2n) is 5.00. The highest BCUT2D eigenvalue weighted by atomic mass is 16.2. The maximum atomic E-state index is 12.3. The summed E-state index contributed by atoms with van der Waals surface area (Å²) < 4.78 is 0. The normalized spacial score (nSPS) is 10.4. The van der Waals surface area contributed by atoms with Crippen molar-refractivity contribution < 1.29 is 4.79 Å². The van der Waals surface area contributed by atoms with Crippen LogP contribution >= 0.6 is 0 Å². The SMILES string of the molecule is CCN(C(=O)CNCc1ccccc1C)c1ccccc1. The van der Waals surface area contributed by atoms with Gasteiger partial charge in [-0.15, -0.1) is 0 Å². The van der Waals surface area contributed by atoms with E-state index in [1.165, 1.54) is 11.1 Å². The van der Waals surface area contributed by atoms with E-state index in [4.69, 9.17) is 0 Å². The number of carbonyl (C=O) groups excluding carboxylic acids is 1. The standard InChI is InChI=1S/C18H22N2O/c1-3-20(17-11-5-4-6-12-17)18(21)14-19-13-16-10-8-7-9-15(16)2/h4-12,19H,3,13-14H2,1-2H3. The topological polar surface area (TPSA) is 32.3 Å². The Kier molecular flexibility index (Phi) is 5.52. The van der Waals surface area contributed by atoms with Gasteiger partial charge in [0.25, 0.3) is 0 Å². The van der Waals surface area contributed by atoms with Crippen LogP contribution in [0.1, 0.15) is 18.1 Å². The van der Waals surface area contributed by atoms with Crippen molar-refractivity contribution in [1.82, 2.24) is 5.32 Å². The number of nitrogens with zero attached hydrogens (tertiary/aromatic N) is 1. The summed E-state index contributed by atoms with van der Waals surface area (Å²) in [5.74, 6) is 0.0947. The van der Waals surface area contributed by atoms with E-state index in [1.807, 2.05) is 49.4 Å². The van der Waals surface area contributed by atoms with E-state index in [2.05, 4.69) is 24.4 Å². The number of benzene rings is 2. The average molecular weight is 282 g/mol. The van der Waals surface area contributed by atoms with E-state index >= 15 is 0 Å². The molecule has 0 saturated heterocycles. The van der Waals surface area contributed by atoms with Gasteiger partial charge in [-0.1, -0.05) is 42.5 Å². The maximum Gasteiger partial charge on any atom is 0.240 e. The molecule has 0 heterocycles. The van der Waals surface area contributed by atoms with E-state index in [9.17, 15) is 4.79 Å². The van der Waals surface area contributed by atoms with Gasteiger partial charge in [0.15, 0.2) is 0 Å². The van der Waals surface area contributed by atoms with Gasteiger partial charge in [-0.05, 0) is 37.1 Å². The van der Waals surface area contributed by atoms with Gasteiger partial charge in [-0.25, -0.2) is 0 Å². The molecule has 2 aromatic carbocycles. The highest BCUT2D eigenvalue weighted by Crippen LogP contribution is 2.12. The summed E-state index contributed by atoms with van der Waals surface area (Å²) in [5.41, 5.74) is 3.42. The Morgan fingerprint density at radius 3 is 2.38 bits per heavy atom. The molecule has 0 bridgehead atoms. The highest BCUT2D eigenvalue weighted by molar-refractivity contribution is 5.94. The number of aryl methyl sites for hydroxylation is 1. The van der Waals surface area contributed by atoms with Crippen molar-refractivity contribution >= 4 is 11.6 Å². The Labute approximate surface area is 126 Å². The molecule has 0 aliphatic carbocycles. The first-order chi connectivity index (χ1) is 10.2. The lowest BCUT2D eigenvalue weighted by molar-refractivity contribution is -0.117. The molecule has 0 radical (unpaired) electrons. The van der Waals surface area contributed by atoms with Crippen LogP contribution in [0.15, 0.2) is 54.6 Å². The Hall–Kier alpha value is -2.13. The molecule has 0 spiro atoms. The Morgan fingerprint density at radius 2 is 1.71 bits per heavy atom. The highest BCUT2D eigenvalue weighted by Gasteiger charge is 2.12. The third kappa shape index (κ3) is 4.17. The number of amides is 1. The Balaban J connectivity index is 1.90. The third-order valence-electron chi connectivity index (χ3n) is 3.54. The van der Waals surface area contributed by atoms with Gasteiger partial charge in [0.2, 0.25) is 5.91 Å². The fourth-order valence-corrected chi connectivity index (χ4v) is 2.32. The van der Waals surface area contributed by atoms with Crippen LogP contribution in [0, 0.1) is 6.92 Å². The summed E-state index contributed by atoms with van der Waals surface area (Å²) in [6, 6.07) is 18.0. The largest absolute Gasteiger partial charge is 0.312 e. The van der Waals surface area contributed by atoms with E-state index < -0.39 is 0 Å². The molecule has 1 amide bonds. The monoisotopic (exact) mass is 282 g/mol. The van der Waals surface area contributed by atoms with Crippen LogP contribution < -0.4 is 10.2 Å². The minimum Gasteiger partial charge on any atom is -0.312 e. The van der Waals surface area contributed by atoms with Gasteiger partial charge in [0, 0.05) is 18.8 Å². The van der Waals surface area contributed by atoms with Crippen LogP contribution in [0.3, 0.4) is 0 Å². The van der Waals surface area contributed by atoms with Crippen LogP contribution in [0.25, 0.3) is 0 Å². The van der Waals surface area contributed by atoms with Crippen molar-refractivity contribution in [2.45, 2.75) is 20.4 Å². The molecule has 0 aliphatic rings. The number of likely N-dealkylation sites (N-methyl/N-ethyl adjacent to an activating group) is 1. The van der Waals surface area contributed by atoms with Crippen LogP contribution in [0.4, 0.5) is 5.69 Å². The number of para-hydroxylation sites is 1. The fourth-order valence-electron chi connectivity index (χ4n) is 2.32. The number of hydrogen-bond donors (Lipinski definition) is 1. The fraction of sp³-hybridized carbons (Fsp3) is 0.278. The Morgan fingerprint density at radius 1 is 1.05 bits per heavy atom. The summed E-state index contributed by atoms with van der Waals surface area (Å²) in [7, 11) is 0. The Bertz CT molecular complexity index is 581. The zero-order valence-electron chi connectivity index (χ0n) is 12.7. The first-order valence-corrected chi connectivity index (χ1v) is 7.33. The molecule has 3 nitrogen and oxygen atoms in total. The zero-order chi connectivity index (χ0) is 15.1. The van der Waals surface area contributed by atoms with Gasteiger partial charge in [-0.2, -0.15) is 0 Å². The first kappa shape index (κ1) is 15.3. The molecular weight excluding hydrogens is 260 g/mol. The first-order valence-electron chi connectivity index (χ1n) is 7.33. The number of nitrogens with one attached hydrogen (secondary N) is 1. The van der Waals surface area contributed by atoms with Crippen LogP contribution in [0.2, 0.25) is 0 Å². The van der Waals surface area contributed by atoms with Crippen molar-refractivity contribution in [3.63, 3.8) is 0 Å². The molecule has 110 valence electrons. The molecule has 0 fully saturated rings. The molecule has 0 aliphatic heterocycles. The number of anilines is 1. The van der Waals surface area contributed by atoms with Crippen molar-refractivity contribution in [3.05, 3.63) is 65.7 Å². The van der Waals surface area contributed by atoms with E-state index in [0.29, 0.717) is 19.6 Å². The van der Waals surface area contributed by atoms with Gasteiger partial charge in [0.05, 0.1) is 6.54 Å². The lowest BCUT2D eigenvalue weighted by Gasteiger charge is -2.21. The number of hydrogen-bond acceptors (Lipinski definition) is 2. The maximum absolute atomic E-state index is 12.3. The second-order valence-corrected chi connectivity index (χ2v) is 5.00. The van der Waals surface area contributed by atoms with Gasteiger partial charge in [-0.3, -0.25) is 4.79 Å². The van der Waals surface area contributed by atoms with Crippen LogP contribution in [-0.2, 0) is 11.3 Å². The molecular formula is C18H22N2O.